The molecule has 0 atom stereocenters. The van der Waals surface area contributed by atoms with E-state index in [1.54, 1.807) is 7.11 Å². The Kier molecular flexibility index (Phi) is 4.70. The Morgan fingerprint density at radius 2 is 1.89 bits per heavy atom. The molecule has 0 saturated heterocycles. The molecule has 0 amide bonds. The fraction of sp³-hybridized carbons (Fsp3) is 0.625. The second-order valence-electron chi connectivity index (χ2n) is 6.07. The topological polar surface area (TPSA) is 30.5 Å². The van der Waals surface area contributed by atoms with Gasteiger partial charge in [0.25, 0.3) is 0 Å². The fourth-order valence-corrected chi connectivity index (χ4v) is 1.97. The lowest BCUT2D eigenvalue weighted by molar-refractivity contribution is 0.216. The van der Waals surface area contributed by atoms with Crippen LogP contribution in [0.1, 0.15) is 33.1 Å². The SMILES string of the molecule is COc1ccccc1OCCC(C)(C)CNC1CC1. The van der Waals surface area contributed by atoms with Crippen molar-refractivity contribution in [3.05, 3.63) is 24.3 Å². The van der Waals surface area contributed by atoms with Gasteiger partial charge < -0.3 is 14.8 Å². The number of nitrogens with one attached hydrogen (secondary N) is 1. The maximum Gasteiger partial charge on any atom is 0.161 e. The van der Waals surface area contributed by atoms with Crippen molar-refractivity contribution >= 4 is 0 Å². The number of benzene rings is 1. The predicted molar refractivity (Wildman–Crippen MR) is 77.9 cm³/mol. The number of para-hydroxylation sites is 2. The molecule has 1 saturated carbocycles. The molecule has 3 nitrogen and oxygen atoms in total. The molecule has 0 spiro atoms. The van der Waals surface area contributed by atoms with Crippen LogP contribution in [0.15, 0.2) is 24.3 Å². The molecule has 2 rings (SSSR count). The predicted octanol–water partition coefficient (Wildman–Crippen LogP) is 3.24. The molecule has 1 fully saturated rings. The van der Waals surface area contributed by atoms with Crippen molar-refractivity contribution < 1.29 is 9.47 Å². The van der Waals surface area contributed by atoms with Gasteiger partial charge in [-0.25, -0.2) is 0 Å². The van der Waals surface area contributed by atoms with Crippen LogP contribution in [-0.2, 0) is 0 Å². The summed E-state index contributed by atoms with van der Waals surface area (Å²) in [7, 11) is 1.67. The maximum absolute atomic E-state index is 5.83. The van der Waals surface area contributed by atoms with Gasteiger partial charge >= 0.3 is 0 Å². The lowest BCUT2D eigenvalue weighted by atomic mass is 9.89. The van der Waals surface area contributed by atoms with E-state index in [9.17, 15) is 0 Å². The van der Waals surface area contributed by atoms with Gasteiger partial charge in [-0.05, 0) is 36.8 Å². The summed E-state index contributed by atoms with van der Waals surface area (Å²) in [4.78, 5) is 0. The Morgan fingerprint density at radius 1 is 1.21 bits per heavy atom. The van der Waals surface area contributed by atoms with Crippen LogP contribution >= 0.6 is 0 Å². The normalized spacial score (nSPS) is 15.3. The van der Waals surface area contributed by atoms with Crippen LogP contribution in [0.4, 0.5) is 0 Å². The number of rotatable bonds is 8. The minimum Gasteiger partial charge on any atom is -0.493 e. The van der Waals surface area contributed by atoms with Crippen LogP contribution in [0.3, 0.4) is 0 Å². The third-order valence-electron chi connectivity index (χ3n) is 3.55. The molecule has 3 heteroatoms. The van der Waals surface area contributed by atoms with Gasteiger partial charge in [-0.3, -0.25) is 0 Å². The Hall–Kier alpha value is -1.22. The molecule has 0 aromatic heterocycles. The monoisotopic (exact) mass is 263 g/mol. The zero-order valence-corrected chi connectivity index (χ0v) is 12.2. The van der Waals surface area contributed by atoms with E-state index in [1.165, 1.54) is 12.8 Å². The van der Waals surface area contributed by atoms with E-state index in [0.717, 1.165) is 37.1 Å². The van der Waals surface area contributed by atoms with E-state index < -0.39 is 0 Å². The second-order valence-corrected chi connectivity index (χ2v) is 6.07. The van der Waals surface area contributed by atoms with Crippen LogP contribution < -0.4 is 14.8 Å². The summed E-state index contributed by atoms with van der Waals surface area (Å²) in [5.74, 6) is 1.63. The fourth-order valence-electron chi connectivity index (χ4n) is 1.97. The standard InChI is InChI=1S/C16H25NO2/c1-16(2,12-17-13-8-9-13)10-11-19-15-7-5-4-6-14(15)18-3/h4-7,13,17H,8-12H2,1-3H3. The van der Waals surface area contributed by atoms with Gasteiger partial charge in [0.05, 0.1) is 13.7 Å². The van der Waals surface area contributed by atoms with E-state index in [4.69, 9.17) is 9.47 Å². The minimum atomic E-state index is 0.268. The Balaban J connectivity index is 1.75. The first-order chi connectivity index (χ1) is 9.11. The summed E-state index contributed by atoms with van der Waals surface area (Å²) in [5, 5.41) is 3.59. The summed E-state index contributed by atoms with van der Waals surface area (Å²) in [6.45, 7) is 6.36. The van der Waals surface area contributed by atoms with Crippen molar-refractivity contribution in [2.45, 2.75) is 39.2 Å². The minimum absolute atomic E-state index is 0.268. The molecule has 106 valence electrons. The van der Waals surface area contributed by atoms with Gasteiger partial charge in [0.15, 0.2) is 11.5 Å². The summed E-state index contributed by atoms with van der Waals surface area (Å²) in [6.07, 6.45) is 3.71. The Labute approximate surface area is 116 Å². The van der Waals surface area contributed by atoms with Crippen molar-refractivity contribution in [2.75, 3.05) is 20.3 Å². The van der Waals surface area contributed by atoms with Crippen LogP contribution in [0.2, 0.25) is 0 Å². The third kappa shape index (κ3) is 4.75. The third-order valence-corrected chi connectivity index (χ3v) is 3.55. The highest BCUT2D eigenvalue weighted by molar-refractivity contribution is 5.39. The zero-order valence-electron chi connectivity index (χ0n) is 12.2. The lowest BCUT2D eigenvalue weighted by Gasteiger charge is -2.25. The zero-order chi connectivity index (χ0) is 13.7. The first-order valence-electron chi connectivity index (χ1n) is 7.10. The Morgan fingerprint density at radius 3 is 2.53 bits per heavy atom. The smallest absolute Gasteiger partial charge is 0.161 e. The molecule has 1 aromatic carbocycles. The molecule has 0 aliphatic heterocycles. The number of methoxy groups -OCH3 is 1. The van der Waals surface area contributed by atoms with E-state index in [1.807, 2.05) is 24.3 Å². The highest BCUT2D eigenvalue weighted by Gasteiger charge is 2.25. The van der Waals surface area contributed by atoms with Gasteiger partial charge in [-0.15, -0.1) is 0 Å². The van der Waals surface area contributed by atoms with E-state index in [-0.39, 0.29) is 5.41 Å². The summed E-state index contributed by atoms with van der Waals surface area (Å²) in [5.41, 5.74) is 0.268. The van der Waals surface area contributed by atoms with Crippen LogP contribution in [0.25, 0.3) is 0 Å². The molecule has 0 unspecified atom stereocenters. The number of ether oxygens (including phenoxy) is 2. The first-order valence-corrected chi connectivity index (χ1v) is 7.10. The molecule has 1 aromatic rings. The van der Waals surface area contributed by atoms with Gasteiger partial charge in [-0.2, -0.15) is 0 Å². The maximum atomic E-state index is 5.83. The van der Waals surface area contributed by atoms with Gasteiger partial charge in [0, 0.05) is 12.6 Å². The molecule has 0 bridgehead atoms. The number of hydrogen-bond donors (Lipinski definition) is 1. The van der Waals surface area contributed by atoms with Crippen molar-refractivity contribution in [3.8, 4) is 11.5 Å². The van der Waals surface area contributed by atoms with Gasteiger partial charge in [-0.1, -0.05) is 26.0 Å². The summed E-state index contributed by atoms with van der Waals surface area (Å²) >= 11 is 0. The average molecular weight is 263 g/mol. The van der Waals surface area contributed by atoms with Crippen LogP contribution in [0.5, 0.6) is 11.5 Å². The molecule has 0 radical (unpaired) electrons. The second kappa shape index (κ2) is 6.29. The van der Waals surface area contributed by atoms with Crippen LogP contribution in [0, 0.1) is 5.41 Å². The quantitative estimate of drug-likeness (QED) is 0.781. The lowest BCUT2D eigenvalue weighted by Crippen LogP contribution is -2.32. The van der Waals surface area contributed by atoms with Crippen molar-refractivity contribution in [3.63, 3.8) is 0 Å². The van der Waals surface area contributed by atoms with Crippen molar-refractivity contribution in [1.29, 1.82) is 0 Å². The highest BCUT2D eigenvalue weighted by atomic mass is 16.5. The average Bonchev–Trinajstić information content (AvgIpc) is 3.21. The van der Waals surface area contributed by atoms with Gasteiger partial charge in [0.2, 0.25) is 0 Å². The molecule has 1 aliphatic rings. The molecular formula is C16H25NO2. The van der Waals surface area contributed by atoms with E-state index in [0.29, 0.717) is 0 Å². The van der Waals surface area contributed by atoms with Gasteiger partial charge in [0.1, 0.15) is 0 Å². The largest absolute Gasteiger partial charge is 0.493 e. The first kappa shape index (κ1) is 14.2. The molecule has 0 heterocycles. The summed E-state index contributed by atoms with van der Waals surface area (Å²) < 4.78 is 11.1. The molecule has 1 N–H and O–H groups in total. The number of hydrogen-bond acceptors (Lipinski definition) is 3. The van der Waals surface area contributed by atoms with Crippen molar-refractivity contribution in [2.24, 2.45) is 5.41 Å². The summed E-state index contributed by atoms with van der Waals surface area (Å²) in [6, 6.07) is 8.57. The van der Waals surface area contributed by atoms with E-state index >= 15 is 0 Å². The van der Waals surface area contributed by atoms with Crippen molar-refractivity contribution in [1.82, 2.24) is 5.32 Å². The Bertz CT molecular complexity index is 399. The highest BCUT2D eigenvalue weighted by Crippen LogP contribution is 2.28. The van der Waals surface area contributed by atoms with Crippen LogP contribution in [-0.4, -0.2) is 26.3 Å². The van der Waals surface area contributed by atoms with E-state index in [2.05, 4.69) is 19.2 Å². The molecule has 19 heavy (non-hydrogen) atoms. The molecule has 1 aliphatic carbocycles. The molecular weight excluding hydrogens is 238 g/mol.